The number of aryl methyl sites for hydroxylation is 1. The Balaban J connectivity index is 2.42. The largest absolute Gasteiger partial charge is 0.383 e. The summed E-state index contributed by atoms with van der Waals surface area (Å²) in [5, 5.41) is 1.01. The summed E-state index contributed by atoms with van der Waals surface area (Å²) in [7, 11) is 1.66. The van der Waals surface area contributed by atoms with Crippen LogP contribution in [0, 0.1) is 0 Å². The van der Waals surface area contributed by atoms with Gasteiger partial charge in [-0.3, -0.25) is 0 Å². The molecule has 0 aliphatic heterocycles. The zero-order valence-electron chi connectivity index (χ0n) is 8.69. The van der Waals surface area contributed by atoms with Crippen LogP contribution in [-0.2, 0) is 17.6 Å². The van der Waals surface area contributed by atoms with Crippen LogP contribution in [-0.4, -0.2) is 29.1 Å². The van der Waals surface area contributed by atoms with Gasteiger partial charge in [-0.1, -0.05) is 6.92 Å². The highest BCUT2D eigenvalue weighted by Gasteiger charge is 2.08. The molecule has 1 unspecified atom stereocenters. The van der Waals surface area contributed by atoms with Gasteiger partial charge in [-0.25, -0.2) is 4.98 Å². The van der Waals surface area contributed by atoms with Crippen LogP contribution in [0.2, 0.25) is 0 Å². The molecule has 0 radical (unpaired) electrons. The molecule has 0 saturated heterocycles. The second-order valence-corrected chi connectivity index (χ2v) is 4.11. The van der Waals surface area contributed by atoms with Crippen molar-refractivity contribution < 1.29 is 4.74 Å². The smallest absolute Gasteiger partial charge is 0.142 e. The Labute approximate surface area is 88.7 Å². The van der Waals surface area contributed by atoms with Crippen LogP contribution in [0.5, 0.6) is 0 Å². The predicted octanol–water partition coefficient (Wildman–Crippen LogP) is 1.01. The highest BCUT2D eigenvalue weighted by atomic mass is 32.1. The van der Waals surface area contributed by atoms with Gasteiger partial charge >= 0.3 is 0 Å². The molecular formula is C9H17N3OS. The maximum atomic E-state index is 5.81. The van der Waals surface area contributed by atoms with Crippen molar-refractivity contribution in [3.8, 4) is 0 Å². The van der Waals surface area contributed by atoms with E-state index in [4.69, 9.17) is 10.5 Å². The summed E-state index contributed by atoms with van der Waals surface area (Å²) in [6.45, 7) is 2.69. The first-order chi connectivity index (χ1) is 6.76. The lowest BCUT2D eigenvalue weighted by molar-refractivity contribution is 0.180. The highest BCUT2D eigenvalue weighted by Crippen LogP contribution is 2.08. The van der Waals surface area contributed by atoms with Crippen LogP contribution >= 0.6 is 11.5 Å². The SMILES string of the molecule is CCCc1nsc(CC(N)COC)n1. The fourth-order valence-corrected chi connectivity index (χ4v) is 1.97. The topological polar surface area (TPSA) is 61.0 Å². The maximum Gasteiger partial charge on any atom is 0.142 e. The number of aromatic nitrogens is 2. The molecular weight excluding hydrogens is 198 g/mol. The van der Waals surface area contributed by atoms with Crippen LogP contribution < -0.4 is 5.73 Å². The summed E-state index contributed by atoms with van der Waals surface area (Å²) in [4.78, 5) is 4.39. The minimum Gasteiger partial charge on any atom is -0.383 e. The molecule has 0 aliphatic carbocycles. The van der Waals surface area contributed by atoms with Crippen molar-refractivity contribution in [3.05, 3.63) is 10.8 Å². The van der Waals surface area contributed by atoms with E-state index in [0.29, 0.717) is 6.61 Å². The number of rotatable bonds is 6. The minimum absolute atomic E-state index is 0.0300. The van der Waals surface area contributed by atoms with Crippen LogP contribution in [0.3, 0.4) is 0 Å². The zero-order valence-corrected chi connectivity index (χ0v) is 9.51. The third-order valence-electron chi connectivity index (χ3n) is 1.80. The van der Waals surface area contributed by atoms with Gasteiger partial charge in [0.1, 0.15) is 10.8 Å². The van der Waals surface area contributed by atoms with Crippen molar-refractivity contribution in [3.63, 3.8) is 0 Å². The lowest BCUT2D eigenvalue weighted by Crippen LogP contribution is -2.27. The van der Waals surface area contributed by atoms with Gasteiger partial charge in [0.2, 0.25) is 0 Å². The molecule has 0 aromatic carbocycles. The van der Waals surface area contributed by atoms with E-state index >= 15 is 0 Å². The van der Waals surface area contributed by atoms with Gasteiger partial charge in [0.15, 0.2) is 0 Å². The highest BCUT2D eigenvalue weighted by molar-refractivity contribution is 7.05. The third-order valence-corrected chi connectivity index (χ3v) is 2.57. The lowest BCUT2D eigenvalue weighted by atomic mass is 10.2. The number of nitrogens with two attached hydrogens (primary N) is 1. The zero-order chi connectivity index (χ0) is 10.4. The van der Waals surface area contributed by atoms with E-state index < -0.39 is 0 Å². The van der Waals surface area contributed by atoms with E-state index in [0.717, 1.165) is 30.1 Å². The summed E-state index contributed by atoms with van der Waals surface area (Å²) in [6, 6.07) is 0.0300. The second kappa shape index (κ2) is 6.06. The molecule has 1 rings (SSSR count). The first kappa shape index (κ1) is 11.6. The normalized spacial score (nSPS) is 13.1. The molecule has 0 fully saturated rings. The molecule has 0 aliphatic rings. The van der Waals surface area contributed by atoms with Crippen molar-refractivity contribution in [2.75, 3.05) is 13.7 Å². The fourth-order valence-electron chi connectivity index (χ4n) is 1.20. The fraction of sp³-hybridized carbons (Fsp3) is 0.778. The first-order valence-corrected chi connectivity index (χ1v) is 5.59. The molecule has 14 heavy (non-hydrogen) atoms. The van der Waals surface area contributed by atoms with Crippen molar-refractivity contribution in [2.45, 2.75) is 32.2 Å². The average molecular weight is 215 g/mol. The molecule has 0 saturated carbocycles. The standard InChI is InChI=1S/C9H17N3OS/c1-3-4-8-11-9(14-12-8)5-7(10)6-13-2/h7H,3-6,10H2,1-2H3. The minimum atomic E-state index is 0.0300. The van der Waals surface area contributed by atoms with E-state index in [1.807, 2.05) is 0 Å². The van der Waals surface area contributed by atoms with Gasteiger partial charge < -0.3 is 10.5 Å². The summed E-state index contributed by atoms with van der Waals surface area (Å²) in [6.07, 6.45) is 2.80. The van der Waals surface area contributed by atoms with Crippen LogP contribution in [0.25, 0.3) is 0 Å². The molecule has 1 aromatic rings. The molecule has 1 heterocycles. The van der Waals surface area contributed by atoms with Crippen LogP contribution in [0.4, 0.5) is 0 Å². The number of hydrogen-bond donors (Lipinski definition) is 1. The monoisotopic (exact) mass is 215 g/mol. The Hall–Kier alpha value is -0.520. The Morgan fingerprint density at radius 1 is 1.57 bits per heavy atom. The van der Waals surface area contributed by atoms with Gasteiger partial charge in [0, 0.05) is 26.0 Å². The van der Waals surface area contributed by atoms with Gasteiger partial charge in [0.25, 0.3) is 0 Å². The predicted molar refractivity (Wildman–Crippen MR) is 57.5 cm³/mol. The van der Waals surface area contributed by atoms with Gasteiger partial charge in [-0.15, -0.1) is 0 Å². The van der Waals surface area contributed by atoms with Crippen molar-refractivity contribution >= 4 is 11.5 Å². The third kappa shape index (κ3) is 3.69. The van der Waals surface area contributed by atoms with Crippen LogP contribution in [0.15, 0.2) is 0 Å². The first-order valence-electron chi connectivity index (χ1n) is 4.82. The summed E-state index contributed by atoms with van der Waals surface area (Å²) in [5.74, 6) is 0.942. The van der Waals surface area contributed by atoms with Crippen molar-refractivity contribution in [2.24, 2.45) is 5.73 Å². The molecule has 80 valence electrons. The quantitative estimate of drug-likeness (QED) is 0.769. The lowest BCUT2D eigenvalue weighted by Gasteiger charge is -2.06. The number of methoxy groups -OCH3 is 1. The summed E-state index contributed by atoms with van der Waals surface area (Å²) >= 11 is 1.45. The summed E-state index contributed by atoms with van der Waals surface area (Å²) < 4.78 is 9.21. The Kier molecular flexibility index (Phi) is 5.00. The second-order valence-electron chi connectivity index (χ2n) is 3.27. The van der Waals surface area contributed by atoms with Gasteiger partial charge in [-0.2, -0.15) is 4.37 Å². The van der Waals surface area contributed by atoms with E-state index in [1.54, 1.807) is 7.11 Å². The number of hydrogen-bond acceptors (Lipinski definition) is 5. The molecule has 0 bridgehead atoms. The van der Waals surface area contributed by atoms with Gasteiger partial charge in [0.05, 0.1) is 6.61 Å². The van der Waals surface area contributed by atoms with E-state index in [-0.39, 0.29) is 6.04 Å². The van der Waals surface area contributed by atoms with E-state index in [2.05, 4.69) is 16.3 Å². The Morgan fingerprint density at radius 3 is 3.00 bits per heavy atom. The van der Waals surface area contributed by atoms with Gasteiger partial charge in [-0.05, 0) is 18.0 Å². The molecule has 1 atom stereocenters. The molecule has 2 N–H and O–H groups in total. The van der Waals surface area contributed by atoms with Crippen molar-refractivity contribution in [1.29, 1.82) is 0 Å². The summed E-state index contributed by atoms with van der Waals surface area (Å²) in [5.41, 5.74) is 5.81. The molecule has 4 nitrogen and oxygen atoms in total. The van der Waals surface area contributed by atoms with E-state index in [9.17, 15) is 0 Å². The molecule has 1 aromatic heterocycles. The molecule has 0 amide bonds. The Morgan fingerprint density at radius 2 is 2.36 bits per heavy atom. The Bertz CT molecular complexity index is 264. The average Bonchev–Trinajstić information content (AvgIpc) is 2.53. The molecule has 5 heteroatoms. The van der Waals surface area contributed by atoms with Crippen molar-refractivity contribution in [1.82, 2.24) is 9.36 Å². The maximum absolute atomic E-state index is 5.81. The molecule has 0 spiro atoms. The van der Waals surface area contributed by atoms with Crippen LogP contribution in [0.1, 0.15) is 24.2 Å². The number of ether oxygens (including phenoxy) is 1. The van der Waals surface area contributed by atoms with E-state index in [1.165, 1.54) is 11.5 Å². The number of nitrogens with zero attached hydrogens (tertiary/aromatic N) is 2.